The number of nitrogens with zero attached hydrogens (tertiary/aromatic N) is 2. The number of carbonyl (C=O) groups excluding carboxylic acids is 1. The van der Waals surface area contributed by atoms with Gasteiger partial charge in [-0.05, 0) is 25.0 Å². The molecule has 8 heteroatoms. The molecular weight excluding hydrogens is 351 g/mol. The van der Waals surface area contributed by atoms with Crippen molar-refractivity contribution in [2.75, 3.05) is 4.90 Å². The molecule has 0 radical (unpaired) electrons. The molecule has 1 aromatic carbocycles. The molecule has 2 aliphatic rings. The summed E-state index contributed by atoms with van der Waals surface area (Å²) < 4.78 is -1.45. The number of non-ortho nitro benzene ring substituents is 1. The summed E-state index contributed by atoms with van der Waals surface area (Å²) in [5.74, 6) is -0.709. The molecule has 1 heterocycles. The number of hydrogen-bond acceptors (Lipinski definition) is 3. The number of anilines is 1. The number of nitro benzene ring substituents is 1. The minimum absolute atomic E-state index is 0.0665. The van der Waals surface area contributed by atoms with Crippen LogP contribution in [0.4, 0.5) is 11.4 Å². The Balaban J connectivity index is 2.02. The van der Waals surface area contributed by atoms with Gasteiger partial charge >= 0.3 is 0 Å². The number of rotatable bonds is 2. The van der Waals surface area contributed by atoms with Crippen LogP contribution in [0.5, 0.6) is 0 Å². The molecule has 1 aromatic rings. The van der Waals surface area contributed by atoms with Crippen molar-refractivity contribution in [3.05, 3.63) is 34.4 Å². The maximum Gasteiger partial charge on any atom is 0.269 e. The Morgan fingerprint density at radius 1 is 1.18 bits per heavy atom. The van der Waals surface area contributed by atoms with Crippen molar-refractivity contribution >= 4 is 52.1 Å². The molecule has 2 fully saturated rings. The first-order chi connectivity index (χ1) is 10.3. The summed E-state index contributed by atoms with van der Waals surface area (Å²) in [4.78, 5) is 23.2. The zero-order valence-electron chi connectivity index (χ0n) is 11.5. The second kappa shape index (κ2) is 5.25. The van der Waals surface area contributed by atoms with Crippen LogP contribution in [-0.4, -0.2) is 20.2 Å². The van der Waals surface area contributed by atoms with Crippen LogP contribution in [0.25, 0.3) is 0 Å². The van der Waals surface area contributed by atoms with E-state index in [0.717, 1.165) is 12.8 Å². The number of carbonyl (C=O) groups is 1. The summed E-state index contributed by atoms with van der Waals surface area (Å²) in [6.45, 7) is 0. The Kier molecular flexibility index (Phi) is 3.78. The van der Waals surface area contributed by atoms with E-state index >= 15 is 0 Å². The Bertz CT molecular complexity index is 635. The van der Waals surface area contributed by atoms with E-state index in [0.29, 0.717) is 18.5 Å². The van der Waals surface area contributed by atoms with Crippen molar-refractivity contribution in [3.8, 4) is 0 Å². The number of hydrogen-bond donors (Lipinski definition) is 0. The fraction of sp³-hybridized carbons (Fsp3) is 0.500. The Morgan fingerprint density at radius 2 is 1.82 bits per heavy atom. The average molecular weight is 364 g/mol. The third-order valence-corrected chi connectivity index (χ3v) is 5.91. The van der Waals surface area contributed by atoms with Gasteiger partial charge in [-0.25, -0.2) is 0 Å². The van der Waals surface area contributed by atoms with Crippen LogP contribution in [-0.2, 0) is 4.79 Å². The number of alkyl halides is 3. The molecule has 22 heavy (non-hydrogen) atoms. The number of benzene rings is 1. The lowest BCUT2D eigenvalue weighted by Gasteiger charge is -2.34. The largest absolute Gasteiger partial charge is 0.278 e. The van der Waals surface area contributed by atoms with Crippen LogP contribution in [0.15, 0.2) is 24.3 Å². The summed E-state index contributed by atoms with van der Waals surface area (Å²) in [6, 6.07) is 5.56. The van der Waals surface area contributed by atoms with Gasteiger partial charge in [0.15, 0.2) is 0 Å². The Labute approximate surface area is 142 Å². The van der Waals surface area contributed by atoms with Crippen molar-refractivity contribution in [2.24, 2.45) is 5.92 Å². The second-order valence-corrected chi connectivity index (χ2v) is 7.68. The smallest absolute Gasteiger partial charge is 0.269 e. The van der Waals surface area contributed by atoms with E-state index in [1.807, 2.05) is 0 Å². The van der Waals surface area contributed by atoms with Crippen LogP contribution in [0.3, 0.4) is 0 Å². The zero-order valence-corrected chi connectivity index (χ0v) is 13.7. The van der Waals surface area contributed by atoms with Crippen molar-refractivity contribution in [1.29, 1.82) is 0 Å². The molecule has 118 valence electrons. The summed E-state index contributed by atoms with van der Waals surface area (Å²) >= 11 is 19.5. The highest BCUT2D eigenvalue weighted by atomic mass is 35.5. The zero-order chi connectivity index (χ0) is 16.1. The number of nitro groups is 1. The van der Waals surface area contributed by atoms with E-state index < -0.39 is 14.3 Å². The average Bonchev–Trinajstić information content (AvgIpc) is 2.63. The molecule has 1 aliphatic heterocycles. The van der Waals surface area contributed by atoms with E-state index in [2.05, 4.69) is 0 Å². The summed E-state index contributed by atoms with van der Waals surface area (Å²) in [6.07, 6.45) is 2.97. The SMILES string of the molecule is O=C1N(c2ccc([N+](=O)[O-])cc2)C(Cl)(Cl)C2CCCCC12Cl. The lowest BCUT2D eigenvalue weighted by Crippen LogP contribution is -2.40. The molecule has 0 spiro atoms. The molecule has 2 atom stereocenters. The second-order valence-electron chi connectivity index (χ2n) is 5.66. The van der Waals surface area contributed by atoms with Gasteiger partial charge in [0.05, 0.1) is 4.92 Å². The van der Waals surface area contributed by atoms with Crippen molar-refractivity contribution in [1.82, 2.24) is 0 Å². The van der Waals surface area contributed by atoms with Crippen LogP contribution < -0.4 is 4.90 Å². The third kappa shape index (κ3) is 2.18. The maximum absolute atomic E-state index is 12.8. The van der Waals surface area contributed by atoms with E-state index in [9.17, 15) is 14.9 Å². The van der Waals surface area contributed by atoms with E-state index in [-0.39, 0.29) is 17.5 Å². The molecule has 5 nitrogen and oxygen atoms in total. The molecule has 0 aromatic heterocycles. The van der Waals surface area contributed by atoms with Crippen molar-refractivity contribution in [2.45, 2.75) is 35.0 Å². The highest BCUT2D eigenvalue weighted by Gasteiger charge is 2.66. The summed E-state index contributed by atoms with van der Waals surface area (Å²) in [5, 5.41) is 10.7. The van der Waals surface area contributed by atoms with Gasteiger partial charge in [-0.15, -0.1) is 11.6 Å². The predicted molar refractivity (Wildman–Crippen MR) is 85.6 cm³/mol. The summed E-state index contributed by atoms with van der Waals surface area (Å²) in [5.41, 5.74) is 0.346. The topological polar surface area (TPSA) is 63.5 Å². The van der Waals surface area contributed by atoms with Crippen LogP contribution in [0.1, 0.15) is 25.7 Å². The fourth-order valence-electron chi connectivity index (χ4n) is 3.33. The molecule has 2 unspecified atom stereocenters. The van der Waals surface area contributed by atoms with Gasteiger partial charge in [-0.2, -0.15) is 0 Å². The van der Waals surface area contributed by atoms with Crippen molar-refractivity contribution in [3.63, 3.8) is 0 Å². The third-order valence-electron chi connectivity index (χ3n) is 4.43. The lowest BCUT2D eigenvalue weighted by molar-refractivity contribution is -0.384. The minimum atomic E-state index is -1.45. The number of fused-ring (bicyclic) bond motifs is 1. The van der Waals surface area contributed by atoms with Gasteiger partial charge in [-0.1, -0.05) is 36.0 Å². The van der Waals surface area contributed by atoms with Crippen LogP contribution in [0.2, 0.25) is 0 Å². The van der Waals surface area contributed by atoms with E-state index in [1.165, 1.54) is 29.2 Å². The quantitative estimate of drug-likeness (QED) is 0.342. The molecule has 0 N–H and O–H groups in total. The number of amides is 1. The highest BCUT2D eigenvalue weighted by Crippen LogP contribution is 2.58. The van der Waals surface area contributed by atoms with Gasteiger partial charge in [0.1, 0.15) is 4.87 Å². The first kappa shape index (κ1) is 15.8. The van der Waals surface area contributed by atoms with Gasteiger partial charge < -0.3 is 0 Å². The molecule has 1 saturated carbocycles. The molecule has 3 rings (SSSR count). The molecular formula is C14H13Cl3N2O3. The van der Waals surface area contributed by atoms with Crippen LogP contribution in [0, 0.1) is 16.0 Å². The predicted octanol–water partition coefficient (Wildman–Crippen LogP) is 4.24. The fourth-order valence-corrected chi connectivity index (χ4v) is 4.86. The highest BCUT2D eigenvalue weighted by molar-refractivity contribution is 6.55. The molecule has 0 bridgehead atoms. The standard InChI is InChI=1S/C14H13Cl3N2O3/c15-13-8-2-1-3-11(13)14(16,17)18(12(13)20)9-4-6-10(7-5-9)19(21)22/h4-7,11H,1-3,8H2. The maximum atomic E-state index is 12.8. The van der Waals surface area contributed by atoms with E-state index in [4.69, 9.17) is 34.8 Å². The first-order valence-corrected chi connectivity index (χ1v) is 8.08. The van der Waals surface area contributed by atoms with Crippen LogP contribution >= 0.6 is 34.8 Å². The van der Waals surface area contributed by atoms with Crippen molar-refractivity contribution < 1.29 is 9.72 Å². The molecule has 1 aliphatic carbocycles. The van der Waals surface area contributed by atoms with Gasteiger partial charge in [0.2, 0.25) is 4.46 Å². The lowest BCUT2D eigenvalue weighted by atomic mass is 9.80. The first-order valence-electron chi connectivity index (χ1n) is 6.94. The van der Waals surface area contributed by atoms with Gasteiger partial charge in [0, 0.05) is 23.7 Å². The normalized spacial score (nSPS) is 30.2. The van der Waals surface area contributed by atoms with Gasteiger partial charge in [-0.3, -0.25) is 19.8 Å². The monoisotopic (exact) mass is 362 g/mol. The minimum Gasteiger partial charge on any atom is -0.278 e. The Hall–Kier alpha value is -1.04. The summed E-state index contributed by atoms with van der Waals surface area (Å²) in [7, 11) is 0. The molecule has 1 amide bonds. The van der Waals surface area contributed by atoms with Gasteiger partial charge in [0.25, 0.3) is 11.6 Å². The molecule has 1 saturated heterocycles. The Morgan fingerprint density at radius 3 is 2.36 bits per heavy atom. The number of halogens is 3. The van der Waals surface area contributed by atoms with E-state index in [1.54, 1.807) is 0 Å².